The number of ether oxygens (including phenoxy) is 1. The molecule has 0 heterocycles. The van der Waals surface area contributed by atoms with Gasteiger partial charge >= 0.3 is 5.97 Å². The molecule has 0 bridgehead atoms. The van der Waals surface area contributed by atoms with Gasteiger partial charge in [0.25, 0.3) is 0 Å². The summed E-state index contributed by atoms with van der Waals surface area (Å²) in [6.07, 6.45) is 9.92. The summed E-state index contributed by atoms with van der Waals surface area (Å²) >= 11 is 0. The van der Waals surface area contributed by atoms with Crippen molar-refractivity contribution < 1.29 is 14.3 Å². The van der Waals surface area contributed by atoms with Gasteiger partial charge in [0, 0.05) is 19.2 Å². The molecule has 0 saturated heterocycles. The van der Waals surface area contributed by atoms with E-state index in [1.54, 1.807) is 17.9 Å². The van der Waals surface area contributed by atoms with Crippen LogP contribution >= 0.6 is 0 Å². The number of amides is 1. The van der Waals surface area contributed by atoms with Crippen LogP contribution in [0.1, 0.15) is 59.3 Å². The Balaban J connectivity index is 2.56. The summed E-state index contributed by atoms with van der Waals surface area (Å²) in [4.78, 5) is 25.5. The summed E-state index contributed by atoms with van der Waals surface area (Å²) in [6.45, 7) is 7.09. The van der Waals surface area contributed by atoms with Gasteiger partial charge in [-0.05, 0) is 52.9 Å². The number of esters is 1. The van der Waals surface area contributed by atoms with Gasteiger partial charge in [-0.3, -0.25) is 9.59 Å². The van der Waals surface area contributed by atoms with Crippen molar-refractivity contribution in [3.63, 3.8) is 0 Å². The van der Waals surface area contributed by atoms with E-state index in [9.17, 15) is 9.59 Å². The maximum Gasteiger partial charge on any atom is 0.307 e. The van der Waals surface area contributed by atoms with Gasteiger partial charge in [-0.1, -0.05) is 17.2 Å². The maximum atomic E-state index is 12.3. The Labute approximate surface area is 134 Å². The molecule has 0 aromatic carbocycles. The van der Waals surface area contributed by atoms with Crippen LogP contribution in [-0.2, 0) is 14.3 Å². The zero-order valence-electron chi connectivity index (χ0n) is 14.2. The summed E-state index contributed by atoms with van der Waals surface area (Å²) in [5.74, 6) is -0.255. The van der Waals surface area contributed by atoms with E-state index >= 15 is 0 Å². The van der Waals surface area contributed by atoms with Gasteiger partial charge in [-0.25, -0.2) is 0 Å². The second-order valence-corrected chi connectivity index (χ2v) is 5.96. The van der Waals surface area contributed by atoms with E-state index in [1.165, 1.54) is 18.4 Å². The van der Waals surface area contributed by atoms with Gasteiger partial charge in [0.15, 0.2) is 0 Å². The van der Waals surface area contributed by atoms with E-state index in [0.29, 0.717) is 19.7 Å². The third-order valence-electron chi connectivity index (χ3n) is 3.70. The van der Waals surface area contributed by atoms with Crippen LogP contribution in [0.3, 0.4) is 0 Å². The molecule has 124 valence electrons. The molecule has 1 aliphatic rings. The zero-order valence-corrected chi connectivity index (χ0v) is 14.2. The predicted molar refractivity (Wildman–Crippen MR) is 88.4 cm³/mol. The molecule has 0 spiro atoms. The molecule has 0 radical (unpaired) electrons. The molecule has 0 aromatic rings. The van der Waals surface area contributed by atoms with E-state index in [-0.39, 0.29) is 18.3 Å². The Kier molecular flexibility index (Phi) is 8.56. The predicted octanol–water partition coefficient (Wildman–Crippen LogP) is 3.62. The van der Waals surface area contributed by atoms with Gasteiger partial charge in [0.05, 0.1) is 13.0 Å². The van der Waals surface area contributed by atoms with Gasteiger partial charge < -0.3 is 9.64 Å². The molecular weight excluding hydrogens is 278 g/mol. The van der Waals surface area contributed by atoms with Crippen LogP contribution in [0.5, 0.6) is 0 Å². The zero-order chi connectivity index (χ0) is 16.4. The minimum absolute atomic E-state index is 0.0132. The highest BCUT2D eigenvalue weighted by atomic mass is 16.5. The van der Waals surface area contributed by atoms with Crippen molar-refractivity contribution in [3.8, 4) is 0 Å². The Morgan fingerprint density at radius 3 is 2.64 bits per heavy atom. The van der Waals surface area contributed by atoms with Gasteiger partial charge in [0.2, 0.25) is 5.91 Å². The van der Waals surface area contributed by atoms with Crippen LogP contribution in [-0.4, -0.2) is 36.5 Å². The number of hydrogen-bond acceptors (Lipinski definition) is 3. The quantitative estimate of drug-likeness (QED) is 0.391. The highest BCUT2D eigenvalue weighted by molar-refractivity contribution is 5.88. The summed E-state index contributed by atoms with van der Waals surface area (Å²) in [7, 11) is 0. The summed E-state index contributed by atoms with van der Waals surface area (Å²) < 4.78 is 4.94. The fourth-order valence-electron chi connectivity index (χ4n) is 2.54. The molecule has 22 heavy (non-hydrogen) atoms. The highest BCUT2D eigenvalue weighted by Crippen LogP contribution is 2.20. The Bertz CT molecular complexity index is 434. The average Bonchev–Trinajstić information content (AvgIpc) is 2.47. The van der Waals surface area contributed by atoms with Crippen molar-refractivity contribution in [3.05, 3.63) is 23.3 Å². The number of allylic oxidation sites excluding steroid dienone is 2. The van der Waals surface area contributed by atoms with Gasteiger partial charge in [-0.15, -0.1) is 0 Å². The average molecular weight is 307 g/mol. The molecule has 4 heteroatoms. The first-order valence-electron chi connectivity index (χ1n) is 8.30. The van der Waals surface area contributed by atoms with E-state index in [1.807, 2.05) is 13.8 Å². The van der Waals surface area contributed by atoms with Crippen LogP contribution in [0.15, 0.2) is 23.3 Å². The van der Waals surface area contributed by atoms with Crippen LogP contribution in [0, 0.1) is 0 Å². The molecule has 4 nitrogen and oxygen atoms in total. The van der Waals surface area contributed by atoms with Crippen LogP contribution in [0.4, 0.5) is 0 Å². The third kappa shape index (κ3) is 7.43. The van der Waals surface area contributed by atoms with Crippen molar-refractivity contribution >= 4 is 11.9 Å². The third-order valence-corrected chi connectivity index (χ3v) is 3.70. The molecule has 0 unspecified atom stereocenters. The lowest BCUT2D eigenvalue weighted by Gasteiger charge is -2.23. The largest absolute Gasteiger partial charge is 0.466 e. The van der Waals surface area contributed by atoms with Crippen LogP contribution < -0.4 is 0 Å². The molecule has 0 saturated carbocycles. The number of carbonyl (C=O) groups is 2. The standard InChI is InChI=1S/C18H29NO3/c1-4-22-18(21)11-13-19(17(20)14-15(2)3)12-10-16-8-6-5-7-9-16/h8,14H,4-7,9-13H2,1-3H3. The fourth-order valence-corrected chi connectivity index (χ4v) is 2.54. The molecule has 1 rings (SSSR count). The van der Waals surface area contributed by atoms with Crippen LogP contribution in [0.25, 0.3) is 0 Å². The van der Waals surface area contributed by atoms with E-state index in [0.717, 1.165) is 24.8 Å². The topological polar surface area (TPSA) is 46.6 Å². The number of nitrogens with zero attached hydrogens (tertiary/aromatic N) is 1. The molecule has 0 fully saturated rings. The second kappa shape index (κ2) is 10.2. The fraction of sp³-hybridized carbons (Fsp3) is 0.667. The lowest BCUT2D eigenvalue weighted by molar-refractivity contribution is -0.143. The molecule has 0 aliphatic heterocycles. The van der Waals surface area contributed by atoms with Crippen molar-refractivity contribution in [1.82, 2.24) is 4.90 Å². The molecular formula is C18H29NO3. The maximum absolute atomic E-state index is 12.3. The van der Waals surface area contributed by atoms with E-state index in [2.05, 4.69) is 6.08 Å². The Hall–Kier alpha value is -1.58. The lowest BCUT2D eigenvalue weighted by atomic mass is 9.97. The molecule has 1 amide bonds. The number of rotatable bonds is 8. The van der Waals surface area contributed by atoms with Gasteiger partial charge in [0.1, 0.15) is 0 Å². The first-order chi connectivity index (χ1) is 10.5. The molecule has 0 aromatic heterocycles. The smallest absolute Gasteiger partial charge is 0.307 e. The molecule has 0 N–H and O–H groups in total. The monoisotopic (exact) mass is 307 g/mol. The summed E-state index contributed by atoms with van der Waals surface area (Å²) in [5.41, 5.74) is 2.42. The van der Waals surface area contributed by atoms with Gasteiger partial charge in [-0.2, -0.15) is 0 Å². The summed E-state index contributed by atoms with van der Waals surface area (Å²) in [6, 6.07) is 0. The highest BCUT2D eigenvalue weighted by Gasteiger charge is 2.15. The van der Waals surface area contributed by atoms with Crippen molar-refractivity contribution in [1.29, 1.82) is 0 Å². The Morgan fingerprint density at radius 2 is 2.05 bits per heavy atom. The Morgan fingerprint density at radius 1 is 1.27 bits per heavy atom. The lowest BCUT2D eigenvalue weighted by Crippen LogP contribution is -2.33. The molecule has 1 aliphatic carbocycles. The van der Waals surface area contributed by atoms with Crippen molar-refractivity contribution in [2.24, 2.45) is 0 Å². The minimum Gasteiger partial charge on any atom is -0.466 e. The van der Waals surface area contributed by atoms with E-state index in [4.69, 9.17) is 4.74 Å². The first-order valence-corrected chi connectivity index (χ1v) is 8.30. The SMILES string of the molecule is CCOC(=O)CCN(CCC1=CCCCC1)C(=O)C=C(C)C. The van der Waals surface area contributed by atoms with Crippen LogP contribution in [0.2, 0.25) is 0 Å². The van der Waals surface area contributed by atoms with Crippen molar-refractivity contribution in [2.45, 2.75) is 59.3 Å². The summed E-state index contributed by atoms with van der Waals surface area (Å²) in [5, 5.41) is 0. The normalized spacial score (nSPS) is 14.0. The van der Waals surface area contributed by atoms with Crippen molar-refractivity contribution in [2.75, 3.05) is 19.7 Å². The number of carbonyl (C=O) groups excluding carboxylic acids is 2. The number of hydrogen-bond donors (Lipinski definition) is 0. The first kappa shape index (κ1) is 18.5. The second-order valence-electron chi connectivity index (χ2n) is 5.96. The van der Waals surface area contributed by atoms with E-state index < -0.39 is 0 Å². The molecule has 0 atom stereocenters. The minimum atomic E-state index is -0.241.